The van der Waals surface area contributed by atoms with Crippen LogP contribution in [-0.2, 0) is 4.79 Å². The highest BCUT2D eigenvalue weighted by Gasteiger charge is 2.35. The molecule has 4 rings (SSSR count). The molecule has 32 heavy (non-hydrogen) atoms. The number of hydroxylamine groups is 1. The van der Waals surface area contributed by atoms with Gasteiger partial charge < -0.3 is 4.84 Å². The molecule has 1 fully saturated rings. The smallest absolute Gasteiger partial charge is 0.283 e. The number of hydrogen-bond acceptors (Lipinski definition) is 4. The van der Waals surface area contributed by atoms with Gasteiger partial charge in [0, 0.05) is 16.3 Å². The molecule has 1 aliphatic heterocycles. The summed E-state index contributed by atoms with van der Waals surface area (Å²) in [6.45, 7) is 1.78. The van der Waals surface area contributed by atoms with Crippen molar-refractivity contribution in [1.29, 1.82) is 0 Å². The Morgan fingerprint density at radius 1 is 1.12 bits per heavy atom. The number of carbonyl (C=O) groups is 2. The molecule has 2 amide bonds. The zero-order chi connectivity index (χ0) is 22.8. The van der Waals surface area contributed by atoms with Gasteiger partial charge in [-0.15, -0.1) is 11.8 Å². The van der Waals surface area contributed by atoms with Crippen LogP contribution in [0.4, 0.5) is 14.5 Å². The quantitative estimate of drug-likeness (QED) is 0.501. The fraction of sp³-hybridized carbons (Fsp3) is 0.130. The molecule has 0 aromatic heterocycles. The van der Waals surface area contributed by atoms with Crippen molar-refractivity contribution < 1.29 is 23.2 Å². The normalized spacial score (nSPS) is 15.7. The fourth-order valence-corrected chi connectivity index (χ4v) is 4.67. The SMILES string of the molecule is Cc1cc(C(=O)NOc2ccc(Cl)cc2F)ccc1N1C(=O)CSC1c1ccc(F)cc1. The number of halogens is 3. The van der Waals surface area contributed by atoms with Gasteiger partial charge in [-0.25, -0.2) is 8.78 Å². The first kappa shape index (κ1) is 22.1. The van der Waals surface area contributed by atoms with Crippen molar-refractivity contribution >= 4 is 40.9 Å². The molecule has 0 bridgehead atoms. The van der Waals surface area contributed by atoms with Crippen molar-refractivity contribution in [3.05, 3.63) is 94.0 Å². The molecule has 1 heterocycles. The van der Waals surface area contributed by atoms with Crippen LogP contribution in [-0.4, -0.2) is 17.6 Å². The summed E-state index contributed by atoms with van der Waals surface area (Å²) in [7, 11) is 0. The van der Waals surface area contributed by atoms with Gasteiger partial charge in [0.1, 0.15) is 11.2 Å². The predicted octanol–water partition coefficient (Wildman–Crippen LogP) is 5.43. The highest BCUT2D eigenvalue weighted by Crippen LogP contribution is 2.42. The Labute approximate surface area is 192 Å². The first-order valence-electron chi connectivity index (χ1n) is 9.55. The van der Waals surface area contributed by atoms with E-state index in [1.807, 2.05) is 0 Å². The lowest BCUT2D eigenvalue weighted by molar-refractivity contribution is -0.115. The zero-order valence-corrected chi connectivity index (χ0v) is 18.3. The fourth-order valence-electron chi connectivity index (χ4n) is 3.34. The van der Waals surface area contributed by atoms with Gasteiger partial charge in [-0.1, -0.05) is 23.7 Å². The van der Waals surface area contributed by atoms with Crippen molar-refractivity contribution in [2.45, 2.75) is 12.3 Å². The lowest BCUT2D eigenvalue weighted by Crippen LogP contribution is -2.29. The molecule has 164 valence electrons. The molecular formula is C23H17ClF2N2O3S. The number of nitrogens with one attached hydrogen (secondary N) is 1. The molecule has 9 heteroatoms. The van der Waals surface area contributed by atoms with Crippen LogP contribution in [0, 0.1) is 18.6 Å². The molecule has 5 nitrogen and oxygen atoms in total. The van der Waals surface area contributed by atoms with Gasteiger partial charge in [-0.3, -0.25) is 14.5 Å². The van der Waals surface area contributed by atoms with Gasteiger partial charge in [0.25, 0.3) is 5.91 Å². The lowest BCUT2D eigenvalue weighted by Gasteiger charge is -2.26. The van der Waals surface area contributed by atoms with Crippen molar-refractivity contribution in [3.8, 4) is 5.75 Å². The Hall–Kier alpha value is -3.10. The monoisotopic (exact) mass is 474 g/mol. The molecule has 3 aromatic rings. The van der Waals surface area contributed by atoms with E-state index in [0.29, 0.717) is 17.0 Å². The van der Waals surface area contributed by atoms with E-state index in [9.17, 15) is 18.4 Å². The molecule has 1 atom stereocenters. The summed E-state index contributed by atoms with van der Waals surface area (Å²) in [5.41, 5.74) is 4.62. The zero-order valence-electron chi connectivity index (χ0n) is 16.8. The molecule has 1 saturated heterocycles. The van der Waals surface area contributed by atoms with E-state index in [-0.39, 0.29) is 33.4 Å². The van der Waals surface area contributed by atoms with Crippen LogP contribution in [0.15, 0.2) is 60.7 Å². The minimum absolute atomic E-state index is 0.0776. The first-order chi connectivity index (χ1) is 15.3. The number of carbonyl (C=O) groups excluding carboxylic acids is 2. The highest BCUT2D eigenvalue weighted by molar-refractivity contribution is 8.00. The second kappa shape index (κ2) is 9.18. The van der Waals surface area contributed by atoms with Gasteiger partial charge in [-0.2, -0.15) is 5.48 Å². The third-order valence-electron chi connectivity index (χ3n) is 4.89. The summed E-state index contributed by atoms with van der Waals surface area (Å²) < 4.78 is 27.1. The van der Waals surface area contributed by atoms with Crippen molar-refractivity contribution in [3.63, 3.8) is 0 Å². The average Bonchev–Trinajstić information content (AvgIpc) is 3.14. The summed E-state index contributed by atoms with van der Waals surface area (Å²) in [4.78, 5) is 31.8. The molecule has 0 aliphatic carbocycles. The van der Waals surface area contributed by atoms with E-state index in [4.69, 9.17) is 16.4 Å². The van der Waals surface area contributed by atoms with Crippen LogP contribution in [0.2, 0.25) is 5.02 Å². The number of hydrogen-bond donors (Lipinski definition) is 1. The van der Waals surface area contributed by atoms with E-state index >= 15 is 0 Å². The number of nitrogens with zero attached hydrogens (tertiary/aromatic N) is 1. The summed E-state index contributed by atoms with van der Waals surface area (Å²) in [5, 5.41) is -0.0846. The van der Waals surface area contributed by atoms with E-state index in [0.717, 1.165) is 11.6 Å². The van der Waals surface area contributed by atoms with Crippen LogP contribution < -0.4 is 15.2 Å². The summed E-state index contributed by atoms with van der Waals surface area (Å²) in [6, 6.07) is 14.7. The average molecular weight is 475 g/mol. The van der Waals surface area contributed by atoms with E-state index < -0.39 is 11.7 Å². The van der Waals surface area contributed by atoms with Crippen LogP contribution >= 0.6 is 23.4 Å². The third kappa shape index (κ3) is 4.56. The van der Waals surface area contributed by atoms with Crippen LogP contribution in [0.5, 0.6) is 5.75 Å². The first-order valence-corrected chi connectivity index (χ1v) is 11.0. The predicted molar refractivity (Wildman–Crippen MR) is 120 cm³/mol. The van der Waals surface area contributed by atoms with Gasteiger partial charge in [0.2, 0.25) is 5.91 Å². The Bertz CT molecular complexity index is 1190. The van der Waals surface area contributed by atoms with Gasteiger partial charge in [-0.05, 0) is 66.6 Å². The van der Waals surface area contributed by atoms with E-state index in [1.165, 1.54) is 36.0 Å². The second-order valence-corrected chi connectivity index (χ2v) is 8.59. The van der Waals surface area contributed by atoms with Gasteiger partial charge in [0.15, 0.2) is 11.6 Å². The van der Waals surface area contributed by atoms with E-state index in [1.54, 1.807) is 42.2 Å². The largest absolute Gasteiger partial charge is 0.376 e. The number of amides is 2. The van der Waals surface area contributed by atoms with Crippen molar-refractivity contribution in [2.75, 3.05) is 10.7 Å². The molecule has 0 radical (unpaired) electrons. The van der Waals surface area contributed by atoms with Crippen LogP contribution in [0.25, 0.3) is 0 Å². The third-order valence-corrected chi connectivity index (χ3v) is 6.34. The Morgan fingerprint density at radius 2 is 1.88 bits per heavy atom. The lowest BCUT2D eigenvalue weighted by atomic mass is 10.1. The molecule has 1 aliphatic rings. The molecule has 1 N–H and O–H groups in total. The van der Waals surface area contributed by atoms with Crippen molar-refractivity contribution in [1.82, 2.24) is 5.48 Å². The summed E-state index contributed by atoms with van der Waals surface area (Å²) >= 11 is 7.15. The van der Waals surface area contributed by atoms with E-state index in [2.05, 4.69) is 5.48 Å². The van der Waals surface area contributed by atoms with Gasteiger partial charge >= 0.3 is 0 Å². The summed E-state index contributed by atoms with van der Waals surface area (Å²) in [5.74, 6) is -1.58. The molecule has 3 aromatic carbocycles. The Kier molecular flexibility index (Phi) is 6.34. The number of benzene rings is 3. The number of anilines is 1. The second-order valence-electron chi connectivity index (χ2n) is 7.09. The molecule has 1 unspecified atom stereocenters. The summed E-state index contributed by atoms with van der Waals surface area (Å²) in [6.07, 6.45) is 0. The maximum absolute atomic E-state index is 13.8. The topological polar surface area (TPSA) is 58.6 Å². The molecule has 0 saturated carbocycles. The molecular weight excluding hydrogens is 458 g/mol. The standard InChI is InChI=1S/C23H17ClF2N2O3S/c1-13-10-15(22(30)27-31-20-9-5-16(24)11-18(20)26)4-8-19(13)28-21(29)12-32-23(28)14-2-6-17(25)7-3-14/h2-11,23H,12H2,1H3,(H,27,30). The number of thioether (sulfide) groups is 1. The minimum atomic E-state index is -0.707. The van der Waals surface area contributed by atoms with Crippen LogP contribution in [0.1, 0.15) is 26.9 Å². The number of rotatable bonds is 5. The van der Waals surface area contributed by atoms with Gasteiger partial charge in [0.05, 0.1) is 5.75 Å². The van der Waals surface area contributed by atoms with Crippen molar-refractivity contribution in [2.24, 2.45) is 0 Å². The minimum Gasteiger partial charge on any atom is -0.376 e. The Morgan fingerprint density at radius 3 is 2.56 bits per heavy atom. The highest BCUT2D eigenvalue weighted by atomic mass is 35.5. The Balaban J connectivity index is 1.52. The maximum atomic E-state index is 13.8. The maximum Gasteiger partial charge on any atom is 0.283 e. The molecule has 0 spiro atoms. The van der Waals surface area contributed by atoms with Crippen LogP contribution in [0.3, 0.4) is 0 Å². The number of aryl methyl sites for hydroxylation is 1.